The Hall–Kier alpha value is -2.03. The fourth-order valence-corrected chi connectivity index (χ4v) is 2.66. The van der Waals surface area contributed by atoms with Gasteiger partial charge in [-0.05, 0) is 44.9 Å². The standard InChI is InChI=1S/C16H16O3/c1-3-10-12(4-2)19-14-8-7-13-11(6-5-9-18-13)15(14)16(10)17/h3-4,7-8H,5-6,9H2,1-2H3/b10-3+,12-4+. The molecule has 0 unspecified atom stereocenters. The molecule has 0 saturated heterocycles. The minimum atomic E-state index is 0.0409. The molecule has 3 rings (SSSR count). The van der Waals surface area contributed by atoms with Crippen molar-refractivity contribution in [1.82, 2.24) is 0 Å². The van der Waals surface area contributed by atoms with Gasteiger partial charge < -0.3 is 9.15 Å². The van der Waals surface area contributed by atoms with Crippen molar-refractivity contribution in [1.29, 1.82) is 0 Å². The Morgan fingerprint density at radius 2 is 2.05 bits per heavy atom. The van der Waals surface area contributed by atoms with Gasteiger partial charge in [0.05, 0.1) is 17.2 Å². The summed E-state index contributed by atoms with van der Waals surface area (Å²) in [6.45, 7) is 4.45. The zero-order valence-electron chi connectivity index (χ0n) is 11.2. The lowest BCUT2D eigenvalue weighted by Gasteiger charge is -2.18. The SMILES string of the molecule is C/C=c1/oc2ccc3c(c2c(=O)/c1=C/C)CCCO3. The molecule has 1 aliphatic heterocycles. The van der Waals surface area contributed by atoms with E-state index in [4.69, 9.17) is 9.15 Å². The molecular formula is C16H16O3. The van der Waals surface area contributed by atoms with Crippen LogP contribution in [0.15, 0.2) is 21.3 Å². The highest BCUT2D eigenvalue weighted by atomic mass is 16.5. The van der Waals surface area contributed by atoms with Gasteiger partial charge in [0.2, 0.25) is 5.43 Å². The molecular weight excluding hydrogens is 240 g/mol. The van der Waals surface area contributed by atoms with E-state index in [1.807, 2.05) is 38.1 Å². The lowest BCUT2D eigenvalue weighted by molar-refractivity contribution is 0.289. The molecule has 98 valence electrons. The number of ether oxygens (including phenoxy) is 1. The quantitative estimate of drug-likeness (QED) is 0.720. The molecule has 0 aliphatic carbocycles. The highest BCUT2D eigenvalue weighted by Crippen LogP contribution is 2.29. The van der Waals surface area contributed by atoms with Crippen LogP contribution in [0.1, 0.15) is 25.8 Å². The van der Waals surface area contributed by atoms with Crippen molar-refractivity contribution in [3.8, 4) is 5.75 Å². The Balaban J connectivity index is 2.55. The normalized spacial score (nSPS) is 16.5. The topological polar surface area (TPSA) is 39.4 Å². The first-order chi connectivity index (χ1) is 9.26. The van der Waals surface area contributed by atoms with Crippen LogP contribution in [0, 0.1) is 0 Å². The average molecular weight is 256 g/mol. The van der Waals surface area contributed by atoms with E-state index < -0.39 is 0 Å². The molecule has 0 fully saturated rings. The summed E-state index contributed by atoms with van der Waals surface area (Å²) in [4.78, 5) is 12.6. The van der Waals surface area contributed by atoms with E-state index in [1.165, 1.54) is 0 Å². The van der Waals surface area contributed by atoms with Gasteiger partial charge in [0, 0.05) is 5.56 Å². The first kappa shape index (κ1) is 12.0. The van der Waals surface area contributed by atoms with E-state index in [2.05, 4.69) is 0 Å². The van der Waals surface area contributed by atoms with Gasteiger partial charge in [0.1, 0.15) is 16.7 Å². The number of rotatable bonds is 0. The highest BCUT2D eigenvalue weighted by molar-refractivity contribution is 5.83. The van der Waals surface area contributed by atoms with E-state index in [-0.39, 0.29) is 5.43 Å². The van der Waals surface area contributed by atoms with Gasteiger partial charge in [0.25, 0.3) is 0 Å². The molecule has 0 bridgehead atoms. The molecule has 0 N–H and O–H groups in total. The lowest BCUT2D eigenvalue weighted by Crippen LogP contribution is -2.38. The molecule has 1 aromatic carbocycles. The van der Waals surface area contributed by atoms with Crippen molar-refractivity contribution < 1.29 is 9.15 Å². The monoisotopic (exact) mass is 256 g/mol. The van der Waals surface area contributed by atoms with Gasteiger partial charge in [-0.1, -0.05) is 6.08 Å². The van der Waals surface area contributed by atoms with Crippen LogP contribution >= 0.6 is 0 Å². The lowest BCUT2D eigenvalue weighted by atomic mass is 10.0. The van der Waals surface area contributed by atoms with Crippen LogP contribution in [0.2, 0.25) is 0 Å². The molecule has 2 heterocycles. The van der Waals surface area contributed by atoms with Crippen LogP contribution in [0.5, 0.6) is 5.75 Å². The molecule has 19 heavy (non-hydrogen) atoms. The molecule has 0 amide bonds. The fourth-order valence-electron chi connectivity index (χ4n) is 2.66. The predicted octanol–water partition coefficient (Wildman–Crippen LogP) is 1.72. The minimum Gasteiger partial charge on any atom is -0.493 e. The summed E-state index contributed by atoms with van der Waals surface area (Å²) >= 11 is 0. The molecule has 3 nitrogen and oxygen atoms in total. The van der Waals surface area contributed by atoms with E-state index in [0.717, 1.165) is 30.8 Å². The van der Waals surface area contributed by atoms with Gasteiger partial charge in [0.15, 0.2) is 0 Å². The van der Waals surface area contributed by atoms with Crippen molar-refractivity contribution in [2.75, 3.05) is 6.61 Å². The van der Waals surface area contributed by atoms with Crippen molar-refractivity contribution in [3.63, 3.8) is 0 Å². The second kappa shape index (κ2) is 4.57. The second-order valence-electron chi connectivity index (χ2n) is 4.65. The number of fused-ring (bicyclic) bond motifs is 3. The third kappa shape index (κ3) is 1.77. The summed E-state index contributed by atoms with van der Waals surface area (Å²) in [7, 11) is 0. The van der Waals surface area contributed by atoms with Gasteiger partial charge in [-0.2, -0.15) is 0 Å². The number of hydrogen-bond acceptors (Lipinski definition) is 3. The van der Waals surface area contributed by atoms with Gasteiger partial charge in [-0.3, -0.25) is 4.79 Å². The largest absolute Gasteiger partial charge is 0.493 e. The predicted molar refractivity (Wildman–Crippen MR) is 75.8 cm³/mol. The summed E-state index contributed by atoms with van der Waals surface area (Å²) in [5.41, 5.74) is 2.31. The first-order valence-electron chi connectivity index (χ1n) is 6.60. The first-order valence-corrected chi connectivity index (χ1v) is 6.60. The van der Waals surface area contributed by atoms with E-state index in [1.54, 1.807) is 0 Å². The number of hydrogen-bond donors (Lipinski definition) is 0. The van der Waals surface area contributed by atoms with E-state index in [0.29, 0.717) is 21.6 Å². The fraction of sp³-hybridized carbons (Fsp3) is 0.312. The summed E-state index contributed by atoms with van der Waals surface area (Å²) in [5, 5.41) is 1.31. The van der Waals surface area contributed by atoms with Crippen molar-refractivity contribution >= 4 is 23.1 Å². The number of benzene rings is 1. The zero-order valence-corrected chi connectivity index (χ0v) is 11.2. The van der Waals surface area contributed by atoms with Crippen LogP contribution in [-0.4, -0.2) is 6.61 Å². The van der Waals surface area contributed by atoms with Crippen LogP contribution in [-0.2, 0) is 6.42 Å². The third-order valence-electron chi connectivity index (χ3n) is 3.57. The van der Waals surface area contributed by atoms with Crippen LogP contribution in [0.4, 0.5) is 0 Å². The molecule has 0 spiro atoms. The number of aryl methyl sites for hydroxylation is 1. The van der Waals surface area contributed by atoms with Crippen LogP contribution in [0.3, 0.4) is 0 Å². The van der Waals surface area contributed by atoms with Gasteiger partial charge in [-0.25, -0.2) is 0 Å². The molecule has 0 saturated carbocycles. The minimum absolute atomic E-state index is 0.0409. The van der Waals surface area contributed by atoms with Gasteiger partial charge in [-0.15, -0.1) is 0 Å². The summed E-state index contributed by atoms with van der Waals surface area (Å²) < 4.78 is 11.5. The Labute approximate surface area is 110 Å². The van der Waals surface area contributed by atoms with Crippen molar-refractivity contribution in [2.24, 2.45) is 0 Å². The van der Waals surface area contributed by atoms with Gasteiger partial charge >= 0.3 is 0 Å². The molecule has 3 heteroatoms. The molecule has 0 atom stereocenters. The average Bonchev–Trinajstić information content (AvgIpc) is 2.46. The molecule has 2 aromatic rings. The summed E-state index contributed by atoms with van der Waals surface area (Å²) in [6.07, 6.45) is 5.45. The summed E-state index contributed by atoms with van der Waals surface area (Å²) in [6, 6.07) is 3.72. The van der Waals surface area contributed by atoms with E-state index >= 15 is 0 Å². The van der Waals surface area contributed by atoms with Crippen molar-refractivity contribution in [3.05, 3.63) is 38.6 Å². The zero-order chi connectivity index (χ0) is 13.4. The third-order valence-corrected chi connectivity index (χ3v) is 3.57. The summed E-state index contributed by atoms with van der Waals surface area (Å²) in [5.74, 6) is 0.821. The highest BCUT2D eigenvalue weighted by Gasteiger charge is 2.17. The molecule has 0 radical (unpaired) electrons. The smallest absolute Gasteiger partial charge is 0.200 e. The molecule has 1 aliphatic rings. The Morgan fingerprint density at radius 3 is 2.79 bits per heavy atom. The van der Waals surface area contributed by atoms with Crippen LogP contribution < -0.4 is 20.8 Å². The Kier molecular flexibility index (Phi) is 2.90. The Morgan fingerprint density at radius 1 is 1.21 bits per heavy atom. The van der Waals surface area contributed by atoms with Crippen molar-refractivity contribution in [2.45, 2.75) is 26.7 Å². The Bertz CT molecular complexity index is 812. The van der Waals surface area contributed by atoms with Crippen LogP contribution in [0.25, 0.3) is 23.1 Å². The maximum Gasteiger partial charge on any atom is 0.200 e. The molecule has 1 aromatic heterocycles. The maximum absolute atomic E-state index is 12.6. The second-order valence-corrected chi connectivity index (χ2v) is 4.65. The maximum atomic E-state index is 12.6. The van der Waals surface area contributed by atoms with E-state index in [9.17, 15) is 4.79 Å².